The fourth-order valence-corrected chi connectivity index (χ4v) is 4.58. The second-order valence-corrected chi connectivity index (χ2v) is 10.3. The van der Waals surface area contributed by atoms with Crippen LogP contribution in [-0.2, 0) is 38.1 Å². The zero-order valence-electron chi connectivity index (χ0n) is 23.1. The molecule has 2 aliphatic rings. The summed E-state index contributed by atoms with van der Waals surface area (Å²) < 4.78 is 26.5. The fraction of sp³-hybridized carbons (Fsp3) is 0.875. The molecular formula is C24H40O20. The van der Waals surface area contributed by atoms with Gasteiger partial charge in [0.05, 0.1) is 25.7 Å². The first-order chi connectivity index (χ1) is 20.7. The Kier molecular flexibility index (Phi) is 15.3. The summed E-state index contributed by atoms with van der Waals surface area (Å²) in [6.45, 7) is -2.88. The number of carbonyl (C=O) groups is 3. The minimum Gasteiger partial charge on any atom is -0.481 e. The lowest BCUT2D eigenvalue weighted by atomic mass is 9.95. The maximum Gasteiger partial charge on any atom is 0.306 e. The summed E-state index contributed by atoms with van der Waals surface area (Å²) in [4.78, 5) is 34.7. The van der Waals surface area contributed by atoms with E-state index in [4.69, 9.17) is 28.8 Å². The van der Waals surface area contributed by atoms with E-state index in [2.05, 4.69) is 0 Å². The summed E-state index contributed by atoms with van der Waals surface area (Å²) in [6.07, 6.45) is -28.1. The van der Waals surface area contributed by atoms with E-state index in [9.17, 15) is 70.6 Å². The van der Waals surface area contributed by atoms with E-state index in [-0.39, 0.29) is 6.29 Å². The Balaban J connectivity index is 2.35. The molecule has 4 unspecified atom stereocenters. The van der Waals surface area contributed by atoms with Crippen molar-refractivity contribution < 1.29 is 99.3 Å². The normalized spacial score (nSPS) is 36.1. The molecule has 0 aromatic heterocycles. The molecule has 2 fully saturated rings. The van der Waals surface area contributed by atoms with Gasteiger partial charge in [-0.1, -0.05) is 0 Å². The topological polar surface area (TPSA) is 340 Å². The third-order valence-corrected chi connectivity index (χ3v) is 7.16. The second-order valence-electron chi connectivity index (χ2n) is 10.3. The molecule has 20 nitrogen and oxygen atoms in total. The van der Waals surface area contributed by atoms with E-state index in [1.165, 1.54) is 0 Å². The smallest absolute Gasteiger partial charge is 0.306 e. The molecule has 20 heteroatoms. The van der Waals surface area contributed by atoms with Gasteiger partial charge in [0.2, 0.25) is 0 Å². The molecule has 0 bridgehead atoms. The molecule has 12 N–H and O–H groups in total. The predicted molar refractivity (Wildman–Crippen MR) is 134 cm³/mol. The molecule has 256 valence electrons. The highest BCUT2D eigenvalue weighted by atomic mass is 16.7. The lowest BCUT2D eigenvalue weighted by Crippen LogP contribution is -2.61. The summed E-state index contributed by atoms with van der Waals surface area (Å²) in [7, 11) is 0. The third kappa shape index (κ3) is 9.75. The van der Waals surface area contributed by atoms with Crippen molar-refractivity contribution in [3.8, 4) is 0 Å². The molecule has 2 heterocycles. The summed E-state index contributed by atoms with van der Waals surface area (Å²) in [5.41, 5.74) is 0. The van der Waals surface area contributed by atoms with E-state index >= 15 is 0 Å². The number of hydrogen-bond donors (Lipinski definition) is 12. The summed E-state index contributed by atoms with van der Waals surface area (Å²) in [5.74, 6) is -4.37. The van der Waals surface area contributed by atoms with Crippen molar-refractivity contribution in [2.75, 3.05) is 19.8 Å². The Morgan fingerprint density at radius 1 is 0.818 bits per heavy atom. The minimum absolute atomic E-state index is 0.0356. The van der Waals surface area contributed by atoms with Crippen LogP contribution in [0.5, 0.6) is 0 Å². The maximum atomic E-state index is 12.0. The monoisotopic (exact) mass is 648 g/mol. The van der Waals surface area contributed by atoms with Gasteiger partial charge in [-0.3, -0.25) is 9.59 Å². The van der Waals surface area contributed by atoms with Gasteiger partial charge in [0, 0.05) is 6.42 Å². The molecule has 2 aliphatic heterocycles. The molecule has 0 aromatic carbocycles. The lowest BCUT2D eigenvalue weighted by Gasteiger charge is -2.43. The lowest BCUT2D eigenvalue weighted by molar-refractivity contribution is -0.342. The third-order valence-electron chi connectivity index (χ3n) is 7.16. The molecule has 0 aromatic rings. The largest absolute Gasteiger partial charge is 0.481 e. The van der Waals surface area contributed by atoms with Crippen LogP contribution in [0.3, 0.4) is 0 Å². The van der Waals surface area contributed by atoms with Crippen molar-refractivity contribution in [2.24, 2.45) is 5.92 Å². The quantitative estimate of drug-likeness (QED) is 0.0485. The first kappa shape index (κ1) is 38.2. The van der Waals surface area contributed by atoms with E-state index < -0.39 is 143 Å². The molecule has 2 rings (SSSR count). The zero-order valence-corrected chi connectivity index (χ0v) is 23.1. The van der Waals surface area contributed by atoms with Gasteiger partial charge in [0.1, 0.15) is 67.1 Å². The van der Waals surface area contributed by atoms with Gasteiger partial charge < -0.3 is 89.8 Å². The fourth-order valence-electron chi connectivity index (χ4n) is 4.58. The Bertz CT molecular complexity index is 903. The number of carbonyl (C=O) groups excluding carboxylic acids is 1. The van der Waals surface area contributed by atoms with Crippen LogP contribution in [0, 0.1) is 5.92 Å². The highest BCUT2D eigenvalue weighted by Gasteiger charge is 2.48. The number of aldehydes is 1. The van der Waals surface area contributed by atoms with Crippen molar-refractivity contribution >= 4 is 18.2 Å². The Labute approximate surface area is 249 Å². The Hall–Kier alpha value is -1.99. The van der Waals surface area contributed by atoms with Gasteiger partial charge in [-0.15, -0.1) is 0 Å². The molecule has 2 saturated heterocycles. The number of aliphatic hydroxyl groups is 10. The predicted octanol–water partition coefficient (Wildman–Crippen LogP) is -6.79. The van der Waals surface area contributed by atoms with Gasteiger partial charge in [0.25, 0.3) is 0 Å². The van der Waals surface area contributed by atoms with Gasteiger partial charge in [-0.2, -0.15) is 0 Å². The number of aliphatic hydroxyl groups excluding tert-OH is 10. The minimum atomic E-state index is -2.14. The standard InChI is InChI=1S/C24H40O20/c25-4-10(11(5-26)42-24-19(36)16(33)15(32)12(6-27)43-24)41-23(9(29)3-8(21(37)38)1-2-14(30)31)44-20-13(7-28)40-22(39)18(35)17(20)34/h5,8-13,15-20,22-25,27-29,32-36,39H,1-4,6-7H2,(H,30,31)(H,37,38)/t8?,9?,10-,11+,12-,13-,15-,16+,17-,18-,19-,20-,22+,23?,24?/m1/s1. The maximum absolute atomic E-state index is 12.0. The van der Waals surface area contributed by atoms with Crippen molar-refractivity contribution in [3.05, 3.63) is 0 Å². The SMILES string of the molecule is O=C[C@H](OC1O[C@H](CO)[C@@H](O)[C@H](O)[C@H]1O)[C@@H](CO)OC(O[C@H]1[C@H](O)[C@@H](O)[C@@H](O)O[C@@H]1CO)C(O)CC(CCC(=O)O)C(=O)O. The summed E-state index contributed by atoms with van der Waals surface area (Å²) in [6, 6.07) is 0. The molecule has 44 heavy (non-hydrogen) atoms. The first-order valence-corrected chi connectivity index (χ1v) is 13.5. The van der Waals surface area contributed by atoms with Crippen LogP contribution in [0.2, 0.25) is 0 Å². The van der Waals surface area contributed by atoms with Crippen molar-refractivity contribution in [1.82, 2.24) is 0 Å². The molecule has 0 amide bonds. The summed E-state index contributed by atoms with van der Waals surface area (Å²) >= 11 is 0. The molecular weight excluding hydrogens is 608 g/mol. The van der Waals surface area contributed by atoms with E-state index in [1.807, 2.05) is 0 Å². The number of ether oxygens (including phenoxy) is 5. The Morgan fingerprint density at radius 3 is 1.98 bits per heavy atom. The number of hydrogen-bond acceptors (Lipinski definition) is 18. The number of rotatable bonds is 18. The highest BCUT2D eigenvalue weighted by Crippen LogP contribution is 2.28. The Morgan fingerprint density at radius 2 is 1.45 bits per heavy atom. The van der Waals surface area contributed by atoms with Crippen LogP contribution in [0.15, 0.2) is 0 Å². The van der Waals surface area contributed by atoms with Gasteiger partial charge in [-0.05, 0) is 12.8 Å². The van der Waals surface area contributed by atoms with Crippen LogP contribution < -0.4 is 0 Å². The van der Waals surface area contributed by atoms with Crippen LogP contribution >= 0.6 is 0 Å². The average molecular weight is 649 g/mol. The zero-order chi connectivity index (χ0) is 33.3. The van der Waals surface area contributed by atoms with E-state index in [0.717, 1.165) is 0 Å². The van der Waals surface area contributed by atoms with Crippen LogP contribution in [0.25, 0.3) is 0 Å². The van der Waals surface area contributed by atoms with E-state index in [0.29, 0.717) is 0 Å². The molecule has 0 spiro atoms. The molecule has 0 saturated carbocycles. The van der Waals surface area contributed by atoms with Crippen LogP contribution in [-0.4, -0.2) is 185 Å². The van der Waals surface area contributed by atoms with Gasteiger partial charge in [-0.25, -0.2) is 0 Å². The van der Waals surface area contributed by atoms with Gasteiger partial charge >= 0.3 is 11.9 Å². The first-order valence-electron chi connectivity index (χ1n) is 13.5. The number of aliphatic carboxylic acids is 2. The number of carboxylic acids is 2. The second kappa shape index (κ2) is 17.6. The van der Waals surface area contributed by atoms with Crippen molar-refractivity contribution in [1.29, 1.82) is 0 Å². The van der Waals surface area contributed by atoms with Gasteiger partial charge in [0.15, 0.2) is 25.2 Å². The highest BCUT2D eigenvalue weighted by molar-refractivity contribution is 5.72. The van der Waals surface area contributed by atoms with Crippen LogP contribution in [0.1, 0.15) is 19.3 Å². The van der Waals surface area contributed by atoms with Crippen molar-refractivity contribution in [3.63, 3.8) is 0 Å². The molecule has 0 aliphatic carbocycles. The van der Waals surface area contributed by atoms with Crippen LogP contribution in [0.4, 0.5) is 0 Å². The number of carboxylic acid groups (broad SMARTS) is 2. The van der Waals surface area contributed by atoms with Crippen molar-refractivity contribution in [2.45, 2.75) is 105 Å². The van der Waals surface area contributed by atoms with E-state index in [1.54, 1.807) is 0 Å². The molecule has 15 atom stereocenters. The molecule has 0 radical (unpaired) electrons. The average Bonchev–Trinajstić information content (AvgIpc) is 2.99. The summed E-state index contributed by atoms with van der Waals surface area (Å²) in [5, 5.41) is 119.